The molecular formula is C17H17BrN2O. The molecule has 4 heteroatoms. The summed E-state index contributed by atoms with van der Waals surface area (Å²) in [7, 11) is 0. The molecule has 1 amide bonds. The van der Waals surface area contributed by atoms with Gasteiger partial charge in [-0.15, -0.1) is 0 Å². The summed E-state index contributed by atoms with van der Waals surface area (Å²) in [5.74, 6) is 0.0330. The van der Waals surface area contributed by atoms with E-state index in [9.17, 15) is 4.79 Å². The number of fused-ring (bicyclic) bond motifs is 1. The molecule has 0 saturated carbocycles. The van der Waals surface area contributed by atoms with Crippen LogP contribution in [0.1, 0.15) is 36.6 Å². The fraction of sp³-hybridized carbons (Fsp3) is 0.235. The van der Waals surface area contributed by atoms with E-state index < -0.39 is 5.41 Å². The van der Waals surface area contributed by atoms with Crippen LogP contribution in [0.2, 0.25) is 0 Å². The van der Waals surface area contributed by atoms with Crippen LogP contribution in [0.25, 0.3) is 0 Å². The van der Waals surface area contributed by atoms with Gasteiger partial charge in [0.2, 0.25) is 5.91 Å². The van der Waals surface area contributed by atoms with Crippen molar-refractivity contribution in [3.05, 3.63) is 63.6 Å². The molecule has 3 rings (SSSR count). The van der Waals surface area contributed by atoms with E-state index in [2.05, 4.69) is 21.2 Å². The molecule has 0 fully saturated rings. The molecule has 1 aliphatic heterocycles. The Kier molecular flexibility index (Phi) is 3.38. The summed E-state index contributed by atoms with van der Waals surface area (Å²) in [6.45, 7) is 3.87. The van der Waals surface area contributed by atoms with E-state index in [4.69, 9.17) is 5.73 Å². The number of nitrogens with two attached hydrogens (primary N) is 1. The number of nitrogens with one attached hydrogen (secondary N) is 1. The second-order valence-corrected chi connectivity index (χ2v) is 6.83. The quantitative estimate of drug-likeness (QED) is 0.871. The zero-order chi connectivity index (χ0) is 15.2. The Balaban J connectivity index is 2.02. The van der Waals surface area contributed by atoms with Gasteiger partial charge < -0.3 is 11.1 Å². The van der Waals surface area contributed by atoms with Gasteiger partial charge in [-0.25, -0.2) is 0 Å². The van der Waals surface area contributed by atoms with Gasteiger partial charge in [-0.1, -0.05) is 40.2 Å². The van der Waals surface area contributed by atoms with E-state index in [1.807, 2.05) is 56.3 Å². The molecule has 0 radical (unpaired) electrons. The smallest absolute Gasteiger partial charge is 0.234 e. The first-order valence-corrected chi connectivity index (χ1v) is 7.66. The highest BCUT2D eigenvalue weighted by atomic mass is 79.9. The summed E-state index contributed by atoms with van der Waals surface area (Å²) in [4.78, 5) is 12.0. The summed E-state index contributed by atoms with van der Waals surface area (Å²) in [5.41, 5.74) is 9.81. The van der Waals surface area contributed by atoms with Crippen molar-refractivity contribution < 1.29 is 4.79 Å². The number of hydrogen-bond acceptors (Lipinski definition) is 2. The third-order valence-electron chi connectivity index (χ3n) is 4.10. The molecule has 3 nitrogen and oxygen atoms in total. The minimum absolute atomic E-state index is 0.0330. The first-order chi connectivity index (χ1) is 9.89. The van der Waals surface area contributed by atoms with Gasteiger partial charge in [0.15, 0.2) is 0 Å². The van der Waals surface area contributed by atoms with E-state index in [1.165, 1.54) is 0 Å². The third-order valence-corrected chi connectivity index (χ3v) is 4.59. The fourth-order valence-corrected chi connectivity index (χ4v) is 3.09. The molecule has 0 aliphatic carbocycles. The van der Waals surface area contributed by atoms with Gasteiger partial charge in [-0.05, 0) is 48.7 Å². The predicted molar refractivity (Wildman–Crippen MR) is 88.3 cm³/mol. The van der Waals surface area contributed by atoms with E-state index in [0.717, 1.165) is 26.9 Å². The van der Waals surface area contributed by atoms with Gasteiger partial charge in [-0.3, -0.25) is 4.79 Å². The van der Waals surface area contributed by atoms with E-state index in [1.54, 1.807) is 0 Å². The van der Waals surface area contributed by atoms with Crippen LogP contribution < -0.4 is 11.1 Å². The lowest BCUT2D eigenvalue weighted by molar-refractivity contribution is -0.119. The van der Waals surface area contributed by atoms with Crippen molar-refractivity contribution in [2.75, 3.05) is 5.32 Å². The Morgan fingerprint density at radius 2 is 1.86 bits per heavy atom. The van der Waals surface area contributed by atoms with E-state index in [-0.39, 0.29) is 11.9 Å². The van der Waals surface area contributed by atoms with Gasteiger partial charge in [0, 0.05) is 10.2 Å². The van der Waals surface area contributed by atoms with Crippen molar-refractivity contribution in [1.82, 2.24) is 0 Å². The molecule has 1 aliphatic rings. The van der Waals surface area contributed by atoms with Gasteiger partial charge >= 0.3 is 0 Å². The third kappa shape index (κ3) is 2.39. The maximum Gasteiger partial charge on any atom is 0.234 e. The average molecular weight is 345 g/mol. The van der Waals surface area contributed by atoms with E-state index >= 15 is 0 Å². The average Bonchev–Trinajstić information content (AvgIpc) is 2.68. The van der Waals surface area contributed by atoms with Crippen molar-refractivity contribution in [2.45, 2.75) is 25.3 Å². The number of halogens is 1. The summed E-state index contributed by atoms with van der Waals surface area (Å²) in [5, 5.41) is 2.92. The second-order valence-electron chi connectivity index (χ2n) is 5.92. The van der Waals surface area contributed by atoms with Gasteiger partial charge in [0.05, 0.1) is 11.5 Å². The zero-order valence-electron chi connectivity index (χ0n) is 12.0. The summed E-state index contributed by atoms with van der Waals surface area (Å²) >= 11 is 3.47. The lowest BCUT2D eigenvalue weighted by atomic mass is 9.84. The molecule has 108 valence electrons. The van der Waals surface area contributed by atoms with Crippen LogP contribution in [-0.2, 0) is 10.2 Å². The number of carbonyl (C=O) groups is 1. The maximum absolute atomic E-state index is 12.0. The molecule has 0 spiro atoms. The standard InChI is InChI=1S/C17H17BrN2O/c1-17(2)13-9-11(6-7-14(13)20-16(17)21)15(19)10-4-3-5-12(18)8-10/h3-9,15H,19H2,1-2H3,(H,20,21). The van der Waals surface area contributed by atoms with Crippen LogP contribution >= 0.6 is 15.9 Å². The summed E-state index contributed by atoms with van der Waals surface area (Å²) in [6, 6.07) is 13.7. The summed E-state index contributed by atoms with van der Waals surface area (Å²) in [6.07, 6.45) is 0. The maximum atomic E-state index is 12.0. The zero-order valence-corrected chi connectivity index (χ0v) is 13.6. The number of hydrogen-bond donors (Lipinski definition) is 2. The van der Waals surface area contributed by atoms with Gasteiger partial charge in [0.25, 0.3) is 0 Å². The van der Waals surface area contributed by atoms with Crippen molar-refractivity contribution in [2.24, 2.45) is 5.73 Å². The lowest BCUT2D eigenvalue weighted by Crippen LogP contribution is -2.27. The molecule has 0 bridgehead atoms. The minimum atomic E-state index is -0.512. The first kappa shape index (κ1) is 14.3. The molecule has 0 aromatic heterocycles. The first-order valence-electron chi connectivity index (χ1n) is 6.86. The Morgan fingerprint density at radius 1 is 1.14 bits per heavy atom. The van der Waals surface area contributed by atoms with Crippen molar-refractivity contribution in [3.63, 3.8) is 0 Å². The number of anilines is 1. The molecule has 1 heterocycles. The molecule has 3 N–H and O–H groups in total. The Labute approximate surface area is 132 Å². The van der Waals surface area contributed by atoms with Crippen LogP contribution in [0.15, 0.2) is 46.9 Å². The van der Waals surface area contributed by atoms with Crippen LogP contribution in [0.5, 0.6) is 0 Å². The second kappa shape index (κ2) is 4.97. The van der Waals surface area contributed by atoms with Crippen LogP contribution in [0, 0.1) is 0 Å². The molecule has 0 saturated heterocycles. The highest BCUT2D eigenvalue weighted by Crippen LogP contribution is 2.39. The van der Waals surface area contributed by atoms with Crippen molar-refractivity contribution in [3.8, 4) is 0 Å². The molecular weight excluding hydrogens is 328 g/mol. The highest BCUT2D eigenvalue weighted by molar-refractivity contribution is 9.10. The number of rotatable bonds is 2. The predicted octanol–water partition coefficient (Wildman–Crippen LogP) is 3.73. The van der Waals surface area contributed by atoms with Crippen molar-refractivity contribution >= 4 is 27.5 Å². The Hall–Kier alpha value is -1.65. The van der Waals surface area contributed by atoms with Gasteiger partial charge in [0.1, 0.15) is 0 Å². The van der Waals surface area contributed by atoms with Crippen molar-refractivity contribution in [1.29, 1.82) is 0 Å². The molecule has 1 atom stereocenters. The topological polar surface area (TPSA) is 55.1 Å². The minimum Gasteiger partial charge on any atom is -0.325 e. The van der Waals surface area contributed by atoms with Gasteiger partial charge in [-0.2, -0.15) is 0 Å². The van der Waals surface area contributed by atoms with E-state index in [0.29, 0.717) is 0 Å². The highest BCUT2D eigenvalue weighted by Gasteiger charge is 2.38. The SMILES string of the molecule is CC1(C)C(=O)Nc2ccc(C(N)c3cccc(Br)c3)cc21. The lowest BCUT2D eigenvalue weighted by Gasteiger charge is -2.18. The van der Waals surface area contributed by atoms with Crippen LogP contribution in [0.4, 0.5) is 5.69 Å². The molecule has 2 aromatic rings. The Morgan fingerprint density at radius 3 is 2.57 bits per heavy atom. The number of benzene rings is 2. The number of amides is 1. The molecule has 1 unspecified atom stereocenters. The molecule has 21 heavy (non-hydrogen) atoms. The fourth-order valence-electron chi connectivity index (χ4n) is 2.67. The Bertz CT molecular complexity index is 724. The monoisotopic (exact) mass is 344 g/mol. The van der Waals surface area contributed by atoms with Crippen LogP contribution in [-0.4, -0.2) is 5.91 Å². The largest absolute Gasteiger partial charge is 0.325 e. The summed E-state index contributed by atoms with van der Waals surface area (Å²) < 4.78 is 1.01. The number of carbonyl (C=O) groups excluding carboxylic acids is 1. The van der Waals surface area contributed by atoms with Crippen LogP contribution in [0.3, 0.4) is 0 Å². The molecule has 2 aromatic carbocycles. The normalized spacial score (nSPS) is 17.2.